The second-order valence-corrected chi connectivity index (χ2v) is 10.4. The third-order valence-corrected chi connectivity index (χ3v) is 6.78. The molecule has 0 saturated heterocycles. The van der Waals surface area contributed by atoms with Crippen LogP contribution < -0.4 is 38.1 Å². The van der Waals surface area contributed by atoms with Crippen LogP contribution >= 0.6 is 0 Å². The highest BCUT2D eigenvalue weighted by Gasteiger charge is 2.31. The van der Waals surface area contributed by atoms with Crippen LogP contribution in [0, 0.1) is 5.41 Å². The molecule has 0 fully saturated rings. The maximum absolute atomic E-state index is 13.4. The number of aromatic nitrogens is 6. The highest BCUT2D eigenvalue weighted by atomic mass is 16.3. The predicted octanol–water partition coefficient (Wildman–Crippen LogP) is -4.48. The van der Waals surface area contributed by atoms with Crippen molar-refractivity contribution in [1.82, 2.24) is 56.5 Å². The molecule has 4 amide bonds. The van der Waals surface area contributed by atoms with Crippen molar-refractivity contribution in [3.63, 3.8) is 0 Å². The summed E-state index contributed by atoms with van der Waals surface area (Å²) in [5, 5.41) is 29.8. The van der Waals surface area contributed by atoms with Gasteiger partial charge in [0, 0.05) is 44.4 Å². The van der Waals surface area contributed by atoms with Crippen molar-refractivity contribution in [1.29, 1.82) is 5.41 Å². The minimum atomic E-state index is -1.54. The Labute approximate surface area is 268 Å². The standard InChI is InChI=1S/C27H39N14O6/c28-19(4-16-7-31-12-35-16)23(44)39-21(6-18-9-33-14-37-18)25(46)41-22(11-43)26(47)40-20(5-17-8-32-13-36-17)24(45)38-15(10-42)2-1-3-34-27(29)30/h7-9,12-15,19-22,43H,1-6,11,28H2,(H,31,35)(H,32,36)(H,33,37)(H,38,45)(H,39,44)(H,40,47)(H,41,46)(H4,29,30,34)/t15-,19-,20-,21-,22-/m0/s1. The van der Waals surface area contributed by atoms with Gasteiger partial charge in [-0.1, -0.05) is 0 Å². The van der Waals surface area contributed by atoms with E-state index in [9.17, 15) is 29.1 Å². The summed E-state index contributed by atoms with van der Waals surface area (Å²) >= 11 is 0. The van der Waals surface area contributed by atoms with Gasteiger partial charge in [0.25, 0.3) is 0 Å². The number of guanidine groups is 1. The van der Waals surface area contributed by atoms with E-state index in [0.29, 0.717) is 23.5 Å². The van der Waals surface area contributed by atoms with E-state index in [1.54, 1.807) is 12.5 Å². The summed E-state index contributed by atoms with van der Waals surface area (Å²) in [7, 11) is 0. The third-order valence-electron chi connectivity index (χ3n) is 6.78. The van der Waals surface area contributed by atoms with Gasteiger partial charge < -0.3 is 58.1 Å². The fourth-order valence-electron chi connectivity index (χ4n) is 4.34. The maximum Gasteiger partial charge on any atom is 0.245 e. The molecule has 3 aromatic rings. The van der Waals surface area contributed by atoms with E-state index in [0.717, 1.165) is 0 Å². The molecule has 253 valence electrons. The van der Waals surface area contributed by atoms with Crippen molar-refractivity contribution in [2.24, 2.45) is 11.5 Å². The number of aliphatic hydroxyl groups excluding tert-OH is 1. The Kier molecular flexibility index (Phi) is 14.0. The molecule has 3 heterocycles. The Morgan fingerprint density at radius 3 is 1.72 bits per heavy atom. The molecule has 0 aliphatic rings. The number of imidazole rings is 3. The van der Waals surface area contributed by atoms with Crippen LogP contribution in [-0.2, 0) is 43.2 Å². The maximum atomic E-state index is 13.4. The minimum absolute atomic E-state index is 0.0777. The smallest absolute Gasteiger partial charge is 0.245 e. The average Bonchev–Trinajstić information content (AvgIpc) is 3.85. The molecule has 0 unspecified atom stereocenters. The van der Waals surface area contributed by atoms with E-state index in [1.807, 2.05) is 0 Å². The number of carbonyl (C=O) groups excluding carboxylic acids is 5. The fraction of sp³-hybridized carbons (Fsp3) is 0.444. The van der Waals surface area contributed by atoms with Crippen LogP contribution in [0.3, 0.4) is 0 Å². The third kappa shape index (κ3) is 12.0. The number of nitrogens with one attached hydrogen (secondary N) is 9. The zero-order valence-corrected chi connectivity index (χ0v) is 25.3. The second kappa shape index (κ2) is 18.4. The summed E-state index contributed by atoms with van der Waals surface area (Å²) in [5.41, 5.74) is 12.6. The van der Waals surface area contributed by atoms with Gasteiger partial charge in [0.2, 0.25) is 29.9 Å². The molecule has 1 radical (unpaired) electrons. The fourth-order valence-corrected chi connectivity index (χ4v) is 4.34. The second-order valence-electron chi connectivity index (χ2n) is 10.4. The van der Waals surface area contributed by atoms with Gasteiger partial charge >= 0.3 is 0 Å². The number of hydrogen-bond donors (Lipinski definition) is 12. The van der Waals surface area contributed by atoms with Crippen LogP contribution in [-0.4, -0.2) is 114 Å². The van der Waals surface area contributed by atoms with Crippen molar-refractivity contribution in [2.45, 2.75) is 62.3 Å². The van der Waals surface area contributed by atoms with Gasteiger partial charge in [-0.05, 0) is 12.8 Å². The number of hydrogen-bond acceptors (Lipinski definition) is 11. The summed E-state index contributed by atoms with van der Waals surface area (Å²) in [6, 6.07) is -6.15. The molecular formula is C27H39N14O6. The lowest BCUT2D eigenvalue weighted by atomic mass is 10.1. The molecule has 0 bridgehead atoms. The zero-order valence-electron chi connectivity index (χ0n) is 25.3. The summed E-state index contributed by atoms with van der Waals surface area (Å²) in [6.45, 7) is -0.573. The molecule has 5 atom stereocenters. The molecule has 0 spiro atoms. The van der Waals surface area contributed by atoms with Crippen LogP contribution in [0.2, 0.25) is 0 Å². The number of nitrogens with zero attached hydrogens (tertiary/aromatic N) is 3. The SMILES string of the molecule is N=C(N)NCCC[C@@H]([C]=O)NC(=O)[C@H](Cc1c[nH]cn1)NC(=O)[C@H](CO)NC(=O)[C@H](Cc1c[nH]cn1)NC(=O)[C@@H](N)Cc1c[nH]cn1. The van der Waals surface area contributed by atoms with Crippen LogP contribution in [0.5, 0.6) is 0 Å². The highest BCUT2D eigenvalue weighted by molar-refractivity contribution is 5.95. The van der Waals surface area contributed by atoms with Crippen molar-refractivity contribution >= 4 is 35.9 Å². The Morgan fingerprint density at radius 1 is 0.787 bits per heavy atom. The first kappa shape index (κ1) is 35.8. The number of carbonyl (C=O) groups is 4. The number of nitrogens with two attached hydrogens (primary N) is 2. The van der Waals surface area contributed by atoms with Crippen LogP contribution in [0.1, 0.15) is 29.9 Å². The molecule has 47 heavy (non-hydrogen) atoms. The summed E-state index contributed by atoms with van der Waals surface area (Å²) in [6.07, 6.45) is 11.0. The summed E-state index contributed by atoms with van der Waals surface area (Å²) in [4.78, 5) is 84.7. The van der Waals surface area contributed by atoms with Gasteiger partial charge in [-0.2, -0.15) is 0 Å². The van der Waals surface area contributed by atoms with Gasteiger partial charge in [-0.3, -0.25) is 29.4 Å². The van der Waals surface area contributed by atoms with Crippen molar-refractivity contribution < 1.29 is 29.1 Å². The Balaban J connectivity index is 1.68. The number of amides is 4. The van der Waals surface area contributed by atoms with Gasteiger partial charge in [-0.25, -0.2) is 15.0 Å². The van der Waals surface area contributed by atoms with Gasteiger partial charge in [0.15, 0.2) is 5.96 Å². The van der Waals surface area contributed by atoms with Gasteiger partial charge in [0.05, 0.1) is 54.8 Å². The molecule has 0 aliphatic carbocycles. The molecule has 0 aliphatic heterocycles. The number of aromatic amines is 3. The lowest BCUT2D eigenvalue weighted by Gasteiger charge is -2.25. The van der Waals surface area contributed by atoms with Gasteiger partial charge in [0.1, 0.15) is 18.1 Å². The van der Waals surface area contributed by atoms with E-state index in [1.165, 1.54) is 31.4 Å². The number of rotatable bonds is 20. The topological polar surface area (TPSA) is 328 Å². The quantitative estimate of drug-likeness (QED) is 0.0311. The first-order chi connectivity index (χ1) is 22.6. The number of aliphatic hydroxyl groups is 1. The van der Waals surface area contributed by atoms with Crippen molar-refractivity contribution in [3.05, 3.63) is 54.7 Å². The van der Waals surface area contributed by atoms with E-state index in [4.69, 9.17) is 16.9 Å². The highest BCUT2D eigenvalue weighted by Crippen LogP contribution is 2.05. The van der Waals surface area contributed by atoms with Crippen LogP contribution in [0.25, 0.3) is 0 Å². The first-order valence-corrected chi connectivity index (χ1v) is 14.6. The Bertz CT molecular complexity index is 1430. The van der Waals surface area contributed by atoms with Crippen molar-refractivity contribution in [3.8, 4) is 0 Å². The largest absolute Gasteiger partial charge is 0.394 e. The van der Waals surface area contributed by atoms with E-state index < -0.39 is 60.4 Å². The normalized spacial score (nSPS) is 14.1. The molecule has 3 rings (SSSR count). The molecule has 20 heteroatoms. The lowest BCUT2D eigenvalue weighted by Crippen LogP contribution is -2.60. The molecular weight excluding hydrogens is 616 g/mol. The molecule has 14 N–H and O–H groups in total. The van der Waals surface area contributed by atoms with Crippen molar-refractivity contribution in [2.75, 3.05) is 13.2 Å². The molecule has 20 nitrogen and oxygen atoms in total. The summed E-state index contributed by atoms with van der Waals surface area (Å²) in [5.74, 6) is -3.40. The average molecular weight is 656 g/mol. The van der Waals surface area contributed by atoms with E-state index in [2.05, 4.69) is 56.5 Å². The summed E-state index contributed by atoms with van der Waals surface area (Å²) < 4.78 is 0. The number of H-pyrrole nitrogens is 3. The molecule has 0 aromatic carbocycles. The first-order valence-electron chi connectivity index (χ1n) is 14.6. The molecule has 0 saturated carbocycles. The van der Waals surface area contributed by atoms with Crippen LogP contribution in [0.15, 0.2) is 37.6 Å². The minimum Gasteiger partial charge on any atom is -0.394 e. The molecule has 3 aromatic heterocycles. The Hall–Kier alpha value is -5.63. The predicted molar refractivity (Wildman–Crippen MR) is 165 cm³/mol. The monoisotopic (exact) mass is 655 g/mol. The van der Waals surface area contributed by atoms with E-state index in [-0.39, 0.29) is 38.2 Å². The lowest BCUT2D eigenvalue weighted by molar-refractivity contribution is -0.134. The van der Waals surface area contributed by atoms with Crippen LogP contribution in [0.4, 0.5) is 0 Å². The Morgan fingerprint density at radius 2 is 1.26 bits per heavy atom. The zero-order chi connectivity index (χ0) is 34.2. The van der Waals surface area contributed by atoms with E-state index >= 15 is 0 Å². The van der Waals surface area contributed by atoms with Gasteiger partial charge in [-0.15, -0.1) is 0 Å².